The fraction of sp³-hybridized carbons (Fsp3) is 0.154. The van der Waals surface area contributed by atoms with Crippen molar-refractivity contribution in [2.75, 3.05) is 13.7 Å². The van der Waals surface area contributed by atoms with Gasteiger partial charge in [-0.3, -0.25) is 4.79 Å². The molecule has 0 saturated carbocycles. The lowest BCUT2D eigenvalue weighted by Gasteiger charge is -2.11. The molecule has 0 spiro atoms. The van der Waals surface area contributed by atoms with E-state index in [1.165, 1.54) is 17.7 Å². The van der Waals surface area contributed by atoms with Crippen LogP contribution in [0.5, 0.6) is 5.88 Å². The van der Waals surface area contributed by atoms with Crippen LogP contribution in [0.25, 0.3) is 44.0 Å². The first-order valence-corrected chi connectivity index (χ1v) is 10.3. The predicted octanol–water partition coefficient (Wildman–Crippen LogP) is 5.49. The molecule has 0 bridgehead atoms. The van der Waals surface area contributed by atoms with Crippen LogP contribution in [0, 0.1) is 0 Å². The predicted molar refractivity (Wildman–Crippen MR) is 123 cm³/mol. The highest BCUT2D eigenvalue weighted by Gasteiger charge is 2.20. The number of benzene rings is 3. The molecule has 0 fully saturated rings. The first-order valence-electron chi connectivity index (χ1n) is 10.3. The van der Waals surface area contributed by atoms with Gasteiger partial charge in [0, 0.05) is 30.7 Å². The summed E-state index contributed by atoms with van der Waals surface area (Å²) in [4.78, 5) is 16.1. The smallest absolute Gasteiger partial charge is 0.216 e. The molecule has 0 atom stereocenters. The third-order valence-electron chi connectivity index (χ3n) is 5.58. The van der Waals surface area contributed by atoms with Crippen LogP contribution < -0.4 is 10.1 Å². The molecule has 0 unspecified atom stereocenters. The fourth-order valence-corrected chi connectivity index (χ4v) is 4.17. The van der Waals surface area contributed by atoms with Crippen molar-refractivity contribution in [2.45, 2.75) is 13.3 Å². The fourth-order valence-electron chi connectivity index (χ4n) is 4.17. The first kappa shape index (κ1) is 19.1. The van der Waals surface area contributed by atoms with Crippen molar-refractivity contribution >= 4 is 38.6 Å². The maximum Gasteiger partial charge on any atom is 0.216 e. The zero-order valence-corrected chi connectivity index (χ0v) is 17.4. The molecule has 5 nitrogen and oxygen atoms in total. The summed E-state index contributed by atoms with van der Waals surface area (Å²) in [6.45, 7) is 2.02. The maximum atomic E-state index is 11.4. The Bertz CT molecular complexity index is 1440. The van der Waals surface area contributed by atoms with Crippen LogP contribution in [0.1, 0.15) is 12.5 Å². The molecule has 1 N–H and O–H groups in total. The average Bonchev–Trinajstić information content (AvgIpc) is 3.15. The quantitative estimate of drug-likeness (QED) is 0.389. The van der Waals surface area contributed by atoms with E-state index in [-0.39, 0.29) is 5.91 Å². The second-order valence-electron chi connectivity index (χ2n) is 7.53. The number of fused-ring (bicyclic) bond motifs is 4. The highest BCUT2D eigenvalue weighted by molar-refractivity contribution is 6.14. The van der Waals surface area contributed by atoms with Crippen LogP contribution in [0.3, 0.4) is 0 Å². The summed E-state index contributed by atoms with van der Waals surface area (Å²) < 4.78 is 11.7. The van der Waals surface area contributed by atoms with Crippen molar-refractivity contribution in [1.29, 1.82) is 0 Å². The molecule has 154 valence electrons. The molecular formula is C26H22N2O3. The number of rotatable bonds is 5. The van der Waals surface area contributed by atoms with Crippen molar-refractivity contribution in [2.24, 2.45) is 0 Å². The lowest BCUT2D eigenvalue weighted by molar-refractivity contribution is -0.118. The number of nitrogens with zero attached hydrogens (tertiary/aromatic N) is 1. The number of aromatic nitrogens is 1. The van der Waals surface area contributed by atoms with Crippen LogP contribution in [0.4, 0.5) is 0 Å². The maximum absolute atomic E-state index is 11.4. The minimum Gasteiger partial charge on any atom is -0.481 e. The largest absolute Gasteiger partial charge is 0.481 e. The van der Waals surface area contributed by atoms with Crippen molar-refractivity contribution < 1.29 is 13.9 Å². The topological polar surface area (TPSA) is 64.4 Å². The summed E-state index contributed by atoms with van der Waals surface area (Å²) in [5.74, 6) is 1.25. The minimum atomic E-state index is -0.0592. The van der Waals surface area contributed by atoms with Crippen LogP contribution in [0.15, 0.2) is 71.1 Å². The monoisotopic (exact) mass is 410 g/mol. The number of ether oxygens (including phenoxy) is 1. The number of furan rings is 1. The number of hydrogen-bond acceptors (Lipinski definition) is 4. The molecule has 0 aliphatic carbocycles. The number of carbonyl (C=O) groups is 1. The van der Waals surface area contributed by atoms with E-state index in [1.54, 1.807) is 13.2 Å². The van der Waals surface area contributed by atoms with E-state index in [4.69, 9.17) is 9.15 Å². The van der Waals surface area contributed by atoms with Gasteiger partial charge in [-0.1, -0.05) is 48.5 Å². The number of amides is 1. The van der Waals surface area contributed by atoms with Gasteiger partial charge < -0.3 is 14.5 Å². The molecule has 1 amide bonds. The number of methoxy groups -OCH3 is 1. The van der Waals surface area contributed by atoms with Crippen LogP contribution >= 0.6 is 0 Å². The SMILES string of the molecule is COc1ccc2oc(-c3cc4ccccc4c4ccccc34)c(CCNC(C)=O)c2n1. The highest BCUT2D eigenvalue weighted by Crippen LogP contribution is 2.40. The molecule has 0 radical (unpaired) electrons. The summed E-state index contributed by atoms with van der Waals surface area (Å²) in [6, 6.07) is 22.6. The van der Waals surface area contributed by atoms with Gasteiger partial charge in [-0.2, -0.15) is 0 Å². The van der Waals surface area contributed by atoms with Gasteiger partial charge in [-0.15, -0.1) is 0 Å². The Morgan fingerprint density at radius 2 is 1.74 bits per heavy atom. The van der Waals surface area contributed by atoms with Gasteiger partial charge in [0.25, 0.3) is 0 Å². The Kier molecular flexibility index (Phi) is 4.79. The molecule has 0 aliphatic rings. The van der Waals surface area contributed by atoms with Gasteiger partial charge in [-0.25, -0.2) is 4.98 Å². The van der Waals surface area contributed by atoms with Crippen LogP contribution in [0.2, 0.25) is 0 Å². The van der Waals surface area contributed by atoms with E-state index in [9.17, 15) is 4.79 Å². The second kappa shape index (κ2) is 7.76. The molecule has 2 aromatic heterocycles. The Hall–Kier alpha value is -3.86. The van der Waals surface area contributed by atoms with Crippen molar-refractivity contribution in [3.63, 3.8) is 0 Å². The van der Waals surface area contributed by atoms with Crippen molar-refractivity contribution in [3.05, 3.63) is 72.3 Å². The molecule has 3 aromatic carbocycles. The Labute approximate surface area is 179 Å². The molecule has 31 heavy (non-hydrogen) atoms. The summed E-state index contributed by atoms with van der Waals surface area (Å²) in [5.41, 5.74) is 3.44. The Balaban J connectivity index is 1.79. The van der Waals surface area contributed by atoms with Gasteiger partial charge in [0.2, 0.25) is 11.8 Å². The van der Waals surface area contributed by atoms with Gasteiger partial charge >= 0.3 is 0 Å². The minimum absolute atomic E-state index is 0.0592. The Morgan fingerprint density at radius 1 is 1.00 bits per heavy atom. The van der Waals surface area contributed by atoms with Crippen molar-refractivity contribution in [1.82, 2.24) is 10.3 Å². The van der Waals surface area contributed by atoms with Crippen molar-refractivity contribution in [3.8, 4) is 17.2 Å². The standard InChI is InChI=1S/C26H22N2O3/c1-16(29)27-14-13-21-25-23(11-12-24(28-25)30-2)31-26(21)22-15-17-7-3-4-8-18(17)19-9-5-6-10-20(19)22/h3-12,15H,13-14H2,1-2H3,(H,27,29). The molecular weight excluding hydrogens is 388 g/mol. The van der Waals surface area contributed by atoms with Gasteiger partial charge in [0.1, 0.15) is 11.3 Å². The number of nitrogens with one attached hydrogen (secondary N) is 1. The van der Waals surface area contributed by atoms with Crippen LogP contribution in [-0.4, -0.2) is 24.5 Å². The molecule has 5 rings (SSSR count). The lowest BCUT2D eigenvalue weighted by atomic mass is 9.94. The zero-order chi connectivity index (χ0) is 21.4. The molecule has 5 aromatic rings. The average molecular weight is 410 g/mol. The van der Waals surface area contributed by atoms with E-state index in [0.29, 0.717) is 24.4 Å². The molecule has 5 heteroatoms. The lowest BCUT2D eigenvalue weighted by Crippen LogP contribution is -2.22. The molecule has 0 aliphatic heterocycles. The molecule has 0 saturated heterocycles. The first-order chi connectivity index (χ1) is 15.2. The summed E-state index contributed by atoms with van der Waals surface area (Å²) in [6.07, 6.45) is 0.600. The third kappa shape index (κ3) is 3.38. The summed E-state index contributed by atoms with van der Waals surface area (Å²) in [5, 5.41) is 7.53. The second-order valence-corrected chi connectivity index (χ2v) is 7.53. The zero-order valence-electron chi connectivity index (χ0n) is 17.4. The number of carbonyl (C=O) groups excluding carboxylic acids is 1. The summed E-state index contributed by atoms with van der Waals surface area (Å²) >= 11 is 0. The van der Waals surface area contributed by atoms with E-state index in [1.807, 2.05) is 18.2 Å². The van der Waals surface area contributed by atoms with Gasteiger partial charge in [-0.05, 0) is 40.1 Å². The normalized spacial score (nSPS) is 11.3. The third-order valence-corrected chi connectivity index (χ3v) is 5.58. The number of pyridine rings is 1. The van der Waals surface area contributed by atoms with E-state index < -0.39 is 0 Å². The molecule has 2 heterocycles. The van der Waals surface area contributed by atoms with Gasteiger partial charge in [0.15, 0.2) is 5.58 Å². The van der Waals surface area contributed by atoms with E-state index in [0.717, 1.165) is 33.2 Å². The van der Waals surface area contributed by atoms with Gasteiger partial charge in [0.05, 0.1) is 7.11 Å². The van der Waals surface area contributed by atoms with Crippen LogP contribution in [-0.2, 0) is 11.2 Å². The van der Waals surface area contributed by atoms with E-state index in [2.05, 4.69) is 52.8 Å². The number of hydrogen-bond donors (Lipinski definition) is 1. The van der Waals surface area contributed by atoms with E-state index >= 15 is 0 Å². The Morgan fingerprint density at radius 3 is 2.52 bits per heavy atom. The highest BCUT2D eigenvalue weighted by atomic mass is 16.5. The summed E-state index contributed by atoms with van der Waals surface area (Å²) in [7, 11) is 1.60.